The molecule has 0 unspecified atom stereocenters. The van der Waals surface area contributed by atoms with Gasteiger partial charge < -0.3 is 5.73 Å². The fraction of sp³-hybridized carbons (Fsp3) is 0.273. The monoisotopic (exact) mass is 217 g/mol. The van der Waals surface area contributed by atoms with Crippen LogP contribution in [-0.4, -0.2) is 19.9 Å². The van der Waals surface area contributed by atoms with E-state index in [0.29, 0.717) is 5.69 Å². The van der Waals surface area contributed by atoms with Crippen LogP contribution in [0.15, 0.2) is 24.8 Å². The Hall–Kier alpha value is -2.04. The van der Waals surface area contributed by atoms with Gasteiger partial charge in [0.1, 0.15) is 11.6 Å². The first-order valence-electron chi connectivity index (χ1n) is 4.87. The molecule has 5 nitrogen and oxygen atoms in total. The largest absolute Gasteiger partial charge is 0.396 e. The zero-order valence-corrected chi connectivity index (χ0v) is 9.68. The number of anilines is 1. The lowest BCUT2D eigenvalue weighted by atomic mass is 10.4. The highest BCUT2D eigenvalue weighted by Gasteiger charge is 1.83. The Morgan fingerprint density at radius 2 is 1.12 bits per heavy atom. The summed E-state index contributed by atoms with van der Waals surface area (Å²) in [7, 11) is 0. The van der Waals surface area contributed by atoms with Gasteiger partial charge in [-0.05, 0) is 26.3 Å². The molecule has 0 saturated heterocycles. The van der Waals surface area contributed by atoms with Gasteiger partial charge >= 0.3 is 0 Å². The van der Waals surface area contributed by atoms with E-state index in [1.54, 1.807) is 12.4 Å². The molecule has 2 aromatic heterocycles. The predicted octanol–water partition coefficient (Wildman–Crippen LogP) is 1.46. The summed E-state index contributed by atoms with van der Waals surface area (Å²) in [5.74, 6) is 1.58. The highest BCUT2D eigenvalue weighted by Crippen LogP contribution is 1.93. The second-order valence-electron chi connectivity index (χ2n) is 3.37. The molecule has 0 bridgehead atoms. The quantitative estimate of drug-likeness (QED) is 0.722. The van der Waals surface area contributed by atoms with Crippen LogP contribution < -0.4 is 5.73 Å². The zero-order chi connectivity index (χ0) is 12.0. The molecule has 0 atom stereocenters. The van der Waals surface area contributed by atoms with Gasteiger partial charge in [0.15, 0.2) is 0 Å². The van der Waals surface area contributed by atoms with Gasteiger partial charge in [-0.15, -0.1) is 0 Å². The minimum Gasteiger partial charge on any atom is -0.396 e. The third-order valence-corrected chi connectivity index (χ3v) is 1.71. The van der Waals surface area contributed by atoms with Gasteiger partial charge in [0, 0.05) is 12.4 Å². The summed E-state index contributed by atoms with van der Waals surface area (Å²) in [4.78, 5) is 15.6. The molecule has 0 aliphatic rings. The molecule has 2 aromatic rings. The topological polar surface area (TPSA) is 77.6 Å². The lowest BCUT2D eigenvalue weighted by Gasteiger charge is -1.88. The van der Waals surface area contributed by atoms with Crippen molar-refractivity contribution in [3.63, 3.8) is 0 Å². The summed E-state index contributed by atoms with van der Waals surface area (Å²) < 4.78 is 0. The van der Waals surface area contributed by atoms with Crippen LogP contribution in [0, 0.1) is 20.8 Å². The smallest absolute Gasteiger partial charge is 0.125 e. The Bertz CT molecular complexity index is 336. The van der Waals surface area contributed by atoms with Gasteiger partial charge in [-0.25, -0.2) is 19.9 Å². The summed E-state index contributed by atoms with van der Waals surface area (Å²) in [5, 5.41) is 0. The van der Waals surface area contributed by atoms with Gasteiger partial charge in [-0.1, -0.05) is 0 Å². The SMILES string of the molecule is Cc1cnc(C)nc1.Cc1ncc(N)cn1. The molecule has 0 aromatic carbocycles. The van der Waals surface area contributed by atoms with Crippen molar-refractivity contribution >= 4 is 5.69 Å². The van der Waals surface area contributed by atoms with E-state index in [9.17, 15) is 0 Å². The Kier molecular flexibility index (Phi) is 4.32. The van der Waals surface area contributed by atoms with Crippen LogP contribution in [0.3, 0.4) is 0 Å². The maximum atomic E-state index is 5.30. The predicted molar refractivity (Wildman–Crippen MR) is 62.7 cm³/mol. The van der Waals surface area contributed by atoms with Crippen molar-refractivity contribution in [2.24, 2.45) is 0 Å². The molecule has 0 aliphatic carbocycles. The number of nitrogens with two attached hydrogens (primary N) is 1. The molecule has 0 saturated carbocycles. The first-order valence-corrected chi connectivity index (χ1v) is 4.87. The number of aromatic nitrogens is 4. The lowest BCUT2D eigenvalue weighted by Crippen LogP contribution is -1.90. The van der Waals surface area contributed by atoms with Crippen molar-refractivity contribution in [1.82, 2.24) is 19.9 Å². The first-order chi connectivity index (χ1) is 7.58. The van der Waals surface area contributed by atoms with Crippen LogP contribution in [0.4, 0.5) is 5.69 Å². The maximum absolute atomic E-state index is 5.30. The molecular formula is C11H15N5. The standard InChI is InChI=1S/C6H8N2.C5H7N3/c1-5-3-7-6(2)8-4-5;1-4-7-2-5(6)3-8-4/h3-4H,1-2H3;2-3H,6H2,1H3. The Balaban J connectivity index is 0.000000160. The number of nitrogens with zero attached hydrogens (tertiary/aromatic N) is 4. The van der Waals surface area contributed by atoms with E-state index in [1.807, 2.05) is 33.2 Å². The maximum Gasteiger partial charge on any atom is 0.125 e. The average Bonchev–Trinajstić information content (AvgIpc) is 2.28. The van der Waals surface area contributed by atoms with Gasteiger partial charge in [-0.2, -0.15) is 0 Å². The molecule has 84 valence electrons. The fourth-order valence-corrected chi connectivity index (χ4v) is 0.860. The fourth-order valence-electron chi connectivity index (χ4n) is 0.860. The highest BCUT2D eigenvalue weighted by molar-refractivity contribution is 5.29. The number of nitrogen functional groups attached to an aromatic ring is 1. The normalized spacial score (nSPS) is 9.19. The van der Waals surface area contributed by atoms with E-state index in [0.717, 1.165) is 17.2 Å². The Labute approximate surface area is 94.8 Å². The zero-order valence-electron chi connectivity index (χ0n) is 9.68. The van der Waals surface area contributed by atoms with Crippen LogP contribution in [0.25, 0.3) is 0 Å². The van der Waals surface area contributed by atoms with Gasteiger partial charge in [-0.3, -0.25) is 0 Å². The van der Waals surface area contributed by atoms with Crippen LogP contribution in [-0.2, 0) is 0 Å². The molecule has 0 spiro atoms. The van der Waals surface area contributed by atoms with Crippen molar-refractivity contribution in [1.29, 1.82) is 0 Å². The van der Waals surface area contributed by atoms with Gasteiger partial charge in [0.25, 0.3) is 0 Å². The molecule has 0 aliphatic heterocycles. The second kappa shape index (κ2) is 5.75. The van der Waals surface area contributed by atoms with Crippen molar-refractivity contribution in [2.75, 3.05) is 5.73 Å². The summed E-state index contributed by atoms with van der Waals surface area (Å²) in [6.45, 7) is 5.66. The van der Waals surface area contributed by atoms with E-state index >= 15 is 0 Å². The molecule has 0 amide bonds. The molecule has 0 fully saturated rings. The molecular weight excluding hydrogens is 202 g/mol. The number of hydrogen-bond donors (Lipinski definition) is 1. The average molecular weight is 217 g/mol. The molecule has 16 heavy (non-hydrogen) atoms. The summed E-state index contributed by atoms with van der Waals surface area (Å²) in [6.07, 6.45) is 6.79. The van der Waals surface area contributed by atoms with Gasteiger partial charge in [0.2, 0.25) is 0 Å². The molecule has 2 rings (SSSR count). The number of rotatable bonds is 0. The lowest BCUT2D eigenvalue weighted by molar-refractivity contribution is 1.03. The Morgan fingerprint density at radius 3 is 1.44 bits per heavy atom. The van der Waals surface area contributed by atoms with E-state index in [-0.39, 0.29) is 0 Å². The van der Waals surface area contributed by atoms with E-state index in [4.69, 9.17) is 5.73 Å². The summed E-state index contributed by atoms with van der Waals surface area (Å²) in [6, 6.07) is 0. The van der Waals surface area contributed by atoms with Crippen LogP contribution in [0.2, 0.25) is 0 Å². The third kappa shape index (κ3) is 4.45. The van der Waals surface area contributed by atoms with E-state index in [1.165, 1.54) is 0 Å². The minimum absolute atomic E-state index is 0.607. The first kappa shape index (κ1) is 12.0. The van der Waals surface area contributed by atoms with E-state index in [2.05, 4.69) is 19.9 Å². The van der Waals surface area contributed by atoms with Crippen molar-refractivity contribution < 1.29 is 0 Å². The van der Waals surface area contributed by atoms with Crippen LogP contribution in [0.5, 0.6) is 0 Å². The van der Waals surface area contributed by atoms with Crippen LogP contribution >= 0.6 is 0 Å². The summed E-state index contributed by atoms with van der Waals surface area (Å²) >= 11 is 0. The number of hydrogen-bond acceptors (Lipinski definition) is 5. The van der Waals surface area contributed by atoms with Crippen molar-refractivity contribution in [2.45, 2.75) is 20.8 Å². The van der Waals surface area contributed by atoms with Crippen molar-refractivity contribution in [3.05, 3.63) is 42.0 Å². The minimum atomic E-state index is 0.607. The molecule has 5 heteroatoms. The van der Waals surface area contributed by atoms with Crippen LogP contribution in [0.1, 0.15) is 17.2 Å². The summed E-state index contributed by atoms with van der Waals surface area (Å²) in [5.41, 5.74) is 7.02. The molecule has 0 radical (unpaired) electrons. The Morgan fingerprint density at radius 1 is 0.750 bits per heavy atom. The molecule has 2 heterocycles. The van der Waals surface area contributed by atoms with Crippen molar-refractivity contribution in [3.8, 4) is 0 Å². The molecule has 2 N–H and O–H groups in total. The second-order valence-corrected chi connectivity index (χ2v) is 3.37. The number of aryl methyl sites for hydroxylation is 3. The third-order valence-electron chi connectivity index (χ3n) is 1.71. The van der Waals surface area contributed by atoms with Gasteiger partial charge in [0.05, 0.1) is 18.1 Å². The highest BCUT2D eigenvalue weighted by atomic mass is 14.9. The van der Waals surface area contributed by atoms with E-state index < -0.39 is 0 Å².